The van der Waals surface area contributed by atoms with Gasteiger partial charge in [0.25, 0.3) is 10.0 Å². The Morgan fingerprint density at radius 3 is 2.64 bits per heavy atom. The first kappa shape index (κ1) is 9.22. The summed E-state index contributed by atoms with van der Waals surface area (Å²) in [6, 6.07) is 3.45. The molecule has 2 heterocycles. The number of hydrogen-bond donors (Lipinski definition) is 1. The summed E-state index contributed by atoms with van der Waals surface area (Å²) >= 11 is 1.24. The summed E-state index contributed by atoms with van der Waals surface area (Å²) in [6.07, 6.45) is 3.20. The topological polar surface area (TPSA) is 64.0 Å². The fourth-order valence-electron chi connectivity index (χ4n) is 0.915. The normalized spacial score (nSPS) is 11.4. The van der Waals surface area contributed by atoms with Gasteiger partial charge in [0.2, 0.25) is 0 Å². The lowest BCUT2D eigenvalue weighted by molar-refractivity contribution is 0.592. The summed E-state index contributed by atoms with van der Waals surface area (Å²) < 4.78 is 24.5. The molecule has 0 unspecified atom stereocenters. The van der Waals surface area contributed by atoms with Crippen molar-refractivity contribution < 1.29 is 8.42 Å². The highest BCUT2D eigenvalue weighted by Crippen LogP contribution is 2.09. The smallest absolute Gasteiger partial charge is 0.261 e. The van der Waals surface area contributed by atoms with Gasteiger partial charge < -0.3 is 0 Å². The monoisotopic (exact) mass is 229 g/mol. The highest BCUT2D eigenvalue weighted by Gasteiger charge is 2.15. The second-order valence-corrected chi connectivity index (χ2v) is 4.84. The van der Waals surface area contributed by atoms with E-state index < -0.39 is 10.0 Å². The zero-order valence-corrected chi connectivity index (χ0v) is 8.62. The molecule has 2 aromatic rings. The van der Waals surface area contributed by atoms with E-state index in [1.807, 2.05) is 0 Å². The van der Waals surface area contributed by atoms with Gasteiger partial charge in [0.05, 0.1) is 5.51 Å². The van der Waals surface area contributed by atoms with Crippen molar-refractivity contribution in [1.29, 1.82) is 0 Å². The standard InChI is InChI=1S/C7H7N3O2S2/c11-14(12,7-5-13-6-8-7)9-10-3-1-2-4-10/h1-6,9H. The zero-order valence-electron chi connectivity index (χ0n) is 6.99. The van der Waals surface area contributed by atoms with Gasteiger partial charge in [-0.1, -0.05) is 0 Å². The predicted molar refractivity (Wildman–Crippen MR) is 53.1 cm³/mol. The molecule has 0 aliphatic heterocycles. The quantitative estimate of drug-likeness (QED) is 0.849. The maximum atomic E-state index is 11.6. The number of hydrogen-bond acceptors (Lipinski definition) is 4. The first-order valence-electron chi connectivity index (χ1n) is 3.72. The van der Waals surface area contributed by atoms with Gasteiger partial charge in [-0.15, -0.1) is 11.3 Å². The summed E-state index contributed by atoms with van der Waals surface area (Å²) in [5.74, 6) is 0. The van der Waals surface area contributed by atoms with E-state index >= 15 is 0 Å². The van der Waals surface area contributed by atoms with Crippen LogP contribution in [0.15, 0.2) is 40.4 Å². The zero-order chi connectivity index (χ0) is 10.0. The third-order valence-corrected chi connectivity index (χ3v) is 3.48. The Labute approximate surface area is 85.0 Å². The summed E-state index contributed by atoms with van der Waals surface area (Å²) in [5.41, 5.74) is 1.48. The first-order chi connectivity index (χ1) is 6.68. The number of sulfonamides is 1. The molecule has 14 heavy (non-hydrogen) atoms. The maximum Gasteiger partial charge on any atom is 0.293 e. The molecule has 0 spiro atoms. The molecule has 5 nitrogen and oxygen atoms in total. The van der Waals surface area contributed by atoms with E-state index in [0.717, 1.165) is 0 Å². The van der Waals surface area contributed by atoms with Crippen LogP contribution in [-0.2, 0) is 10.0 Å². The summed E-state index contributed by atoms with van der Waals surface area (Å²) in [5, 5.41) is 1.52. The Morgan fingerprint density at radius 1 is 1.36 bits per heavy atom. The van der Waals surface area contributed by atoms with Crippen molar-refractivity contribution in [1.82, 2.24) is 9.66 Å². The Balaban J connectivity index is 2.27. The van der Waals surface area contributed by atoms with Gasteiger partial charge in [-0.05, 0) is 12.1 Å². The molecule has 0 saturated carbocycles. The van der Waals surface area contributed by atoms with Gasteiger partial charge >= 0.3 is 0 Å². The lowest BCUT2D eigenvalue weighted by Gasteiger charge is -2.05. The summed E-state index contributed by atoms with van der Waals surface area (Å²) in [7, 11) is -3.53. The molecule has 74 valence electrons. The van der Waals surface area contributed by atoms with E-state index in [0.29, 0.717) is 0 Å². The minimum absolute atomic E-state index is 0.0381. The van der Waals surface area contributed by atoms with Crippen molar-refractivity contribution in [3.63, 3.8) is 0 Å². The van der Waals surface area contributed by atoms with Crippen molar-refractivity contribution in [2.24, 2.45) is 0 Å². The largest absolute Gasteiger partial charge is 0.293 e. The van der Waals surface area contributed by atoms with Crippen LogP contribution < -0.4 is 4.83 Å². The maximum absolute atomic E-state index is 11.6. The van der Waals surface area contributed by atoms with Crippen molar-refractivity contribution >= 4 is 21.4 Å². The van der Waals surface area contributed by atoms with Crippen LogP contribution in [-0.4, -0.2) is 18.1 Å². The van der Waals surface area contributed by atoms with Crippen LogP contribution in [0.3, 0.4) is 0 Å². The Bertz CT molecular complexity index is 487. The number of thiazole rings is 1. The molecule has 1 N–H and O–H groups in total. The lowest BCUT2D eigenvalue weighted by atomic mass is 10.7. The molecule has 0 atom stereocenters. The SMILES string of the molecule is O=S(=O)(Nn1cccc1)c1cscn1. The van der Waals surface area contributed by atoms with Crippen molar-refractivity contribution in [3.8, 4) is 0 Å². The number of nitrogens with one attached hydrogen (secondary N) is 1. The second-order valence-electron chi connectivity index (χ2n) is 2.51. The highest BCUT2D eigenvalue weighted by atomic mass is 32.2. The lowest BCUT2D eigenvalue weighted by Crippen LogP contribution is -2.21. The highest BCUT2D eigenvalue weighted by molar-refractivity contribution is 7.92. The molecule has 0 amide bonds. The fourth-order valence-corrected chi connectivity index (χ4v) is 2.75. The molecule has 0 fully saturated rings. The summed E-state index contributed by atoms with van der Waals surface area (Å²) in [4.78, 5) is 6.06. The molecule has 2 aromatic heterocycles. The molecular weight excluding hydrogens is 222 g/mol. The third-order valence-electron chi connectivity index (χ3n) is 1.52. The number of rotatable bonds is 3. The van der Waals surface area contributed by atoms with Crippen LogP contribution in [0.25, 0.3) is 0 Å². The first-order valence-corrected chi connectivity index (χ1v) is 6.15. The van der Waals surface area contributed by atoms with Crippen LogP contribution in [0.4, 0.5) is 0 Å². The predicted octanol–water partition coefficient (Wildman–Crippen LogP) is 0.877. The fraction of sp³-hybridized carbons (Fsp3) is 0. The average molecular weight is 229 g/mol. The van der Waals surface area contributed by atoms with E-state index in [9.17, 15) is 8.42 Å². The van der Waals surface area contributed by atoms with Crippen LogP contribution in [0, 0.1) is 0 Å². The number of nitrogens with zero attached hydrogens (tertiary/aromatic N) is 2. The minimum atomic E-state index is -3.53. The van der Waals surface area contributed by atoms with Crippen LogP contribution in [0.5, 0.6) is 0 Å². The second kappa shape index (κ2) is 3.43. The van der Waals surface area contributed by atoms with Gasteiger partial charge in [0.1, 0.15) is 0 Å². The minimum Gasteiger partial charge on any atom is -0.261 e. The van der Waals surface area contributed by atoms with Crippen LogP contribution in [0.2, 0.25) is 0 Å². The Morgan fingerprint density at radius 2 is 2.07 bits per heavy atom. The van der Waals surface area contributed by atoms with E-state index in [2.05, 4.69) is 9.82 Å². The molecule has 0 radical (unpaired) electrons. The summed E-state index contributed by atoms with van der Waals surface area (Å²) in [6.45, 7) is 0. The van der Waals surface area contributed by atoms with Gasteiger partial charge in [-0.3, -0.25) is 4.68 Å². The van der Waals surface area contributed by atoms with E-state index in [1.165, 1.54) is 26.9 Å². The van der Waals surface area contributed by atoms with Crippen molar-refractivity contribution in [2.75, 3.05) is 4.83 Å². The van der Waals surface area contributed by atoms with Crippen molar-refractivity contribution in [3.05, 3.63) is 35.4 Å². The molecule has 7 heteroatoms. The van der Waals surface area contributed by atoms with Crippen LogP contribution in [0.1, 0.15) is 0 Å². The molecule has 0 bridgehead atoms. The van der Waals surface area contributed by atoms with Crippen LogP contribution >= 0.6 is 11.3 Å². The van der Waals surface area contributed by atoms with E-state index in [4.69, 9.17) is 0 Å². The third kappa shape index (κ3) is 1.78. The average Bonchev–Trinajstić information content (AvgIpc) is 2.71. The number of aromatic nitrogens is 2. The molecule has 0 aliphatic rings. The molecule has 2 rings (SSSR count). The Hall–Kier alpha value is -1.34. The van der Waals surface area contributed by atoms with Crippen molar-refractivity contribution in [2.45, 2.75) is 5.03 Å². The van der Waals surface area contributed by atoms with Gasteiger partial charge in [-0.2, -0.15) is 8.42 Å². The molecular formula is C7H7N3O2S2. The van der Waals surface area contributed by atoms with Gasteiger partial charge in [0.15, 0.2) is 5.03 Å². The van der Waals surface area contributed by atoms with Gasteiger partial charge in [0, 0.05) is 17.8 Å². The molecule has 0 aromatic carbocycles. The molecule has 0 aliphatic carbocycles. The molecule has 0 saturated heterocycles. The Kier molecular flexibility index (Phi) is 2.26. The van der Waals surface area contributed by atoms with E-state index in [-0.39, 0.29) is 5.03 Å². The van der Waals surface area contributed by atoms with E-state index in [1.54, 1.807) is 24.5 Å². The van der Waals surface area contributed by atoms with Gasteiger partial charge in [-0.25, -0.2) is 9.82 Å².